The Bertz CT molecular complexity index is 1090. The standard InChI is InChI=1S/C25H37N5O/c1-16-12-10-11-13-18(16)27-22(31)17-14-26-30-20(17)28-19(24(5,6)7)21(30)29-25(8,9)15-23(2,3)4/h10-14,26,29H,15H2,1-9H3,(H,27,31). The lowest BCUT2D eigenvalue weighted by Crippen LogP contribution is -2.36. The molecule has 0 bridgehead atoms. The van der Waals surface area contributed by atoms with E-state index in [1.807, 2.05) is 35.7 Å². The number of nitrogens with one attached hydrogen (secondary N) is 3. The first-order chi connectivity index (χ1) is 14.2. The van der Waals surface area contributed by atoms with E-state index in [0.29, 0.717) is 11.2 Å². The van der Waals surface area contributed by atoms with Gasteiger partial charge in [-0.25, -0.2) is 9.50 Å². The number of rotatable bonds is 5. The second-order valence-corrected chi connectivity index (χ2v) is 11.4. The fourth-order valence-corrected chi connectivity index (χ4v) is 4.32. The van der Waals surface area contributed by atoms with Crippen molar-refractivity contribution in [1.29, 1.82) is 0 Å². The Morgan fingerprint density at radius 2 is 1.71 bits per heavy atom. The Morgan fingerprint density at radius 1 is 1.06 bits per heavy atom. The van der Waals surface area contributed by atoms with Gasteiger partial charge in [0.2, 0.25) is 0 Å². The van der Waals surface area contributed by atoms with Gasteiger partial charge in [-0.05, 0) is 44.2 Å². The first-order valence-corrected chi connectivity index (χ1v) is 10.9. The largest absolute Gasteiger partial charge is 0.364 e. The van der Waals surface area contributed by atoms with E-state index in [9.17, 15) is 4.79 Å². The second kappa shape index (κ2) is 7.74. The number of carbonyl (C=O) groups is 1. The Hall–Kier alpha value is -2.76. The van der Waals surface area contributed by atoms with Crippen LogP contribution in [0.15, 0.2) is 30.5 Å². The number of carbonyl (C=O) groups excluding carboxylic acids is 1. The molecule has 0 spiro atoms. The van der Waals surface area contributed by atoms with Crippen molar-refractivity contribution < 1.29 is 4.79 Å². The number of imidazole rings is 1. The molecule has 0 saturated carbocycles. The van der Waals surface area contributed by atoms with Gasteiger partial charge in [-0.2, -0.15) is 0 Å². The number of para-hydroxylation sites is 1. The van der Waals surface area contributed by atoms with Crippen LogP contribution in [0, 0.1) is 12.3 Å². The van der Waals surface area contributed by atoms with Crippen LogP contribution in [0.25, 0.3) is 5.65 Å². The minimum absolute atomic E-state index is 0.150. The second-order valence-electron chi connectivity index (χ2n) is 11.4. The van der Waals surface area contributed by atoms with Gasteiger partial charge < -0.3 is 10.6 Å². The number of aromatic nitrogens is 3. The average molecular weight is 424 g/mol. The van der Waals surface area contributed by atoms with Crippen LogP contribution in [0.1, 0.15) is 83.4 Å². The van der Waals surface area contributed by atoms with Gasteiger partial charge in [0.15, 0.2) is 11.5 Å². The van der Waals surface area contributed by atoms with E-state index in [1.54, 1.807) is 6.20 Å². The van der Waals surface area contributed by atoms with Crippen molar-refractivity contribution in [2.75, 3.05) is 10.6 Å². The summed E-state index contributed by atoms with van der Waals surface area (Å²) in [5.41, 5.74) is 3.76. The van der Waals surface area contributed by atoms with Gasteiger partial charge >= 0.3 is 0 Å². The molecule has 0 atom stereocenters. The number of benzene rings is 1. The minimum atomic E-state index is -0.184. The van der Waals surface area contributed by atoms with E-state index >= 15 is 0 Å². The topological polar surface area (TPSA) is 74.2 Å². The van der Waals surface area contributed by atoms with Crippen LogP contribution in [0.2, 0.25) is 0 Å². The predicted molar refractivity (Wildman–Crippen MR) is 129 cm³/mol. The Balaban J connectivity index is 2.03. The molecule has 1 amide bonds. The quantitative estimate of drug-likeness (QED) is 0.461. The van der Waals surface area contributed by atoms with Crippen LogP contribution < -0.4 is 10.6 Å². The molecule has 2 heterocycles. The van der Waals surface area contributed by atoms with E-state index in [2.05, 4.69) is 71.1 Å². The predicted octanol–water partition coefficient (Wildman–Crippen LogP) is 6.15. The first-order valence-electron chi connectivity index (χ1n) is 10.9. The van der Waals surface area contributed by atoms with Gasteiger partial charge in [0.25, 0.3) is 5.91 Å². The van der Waals surface area contributed by atoms with Gasteiger partial charge in [-0.15, -0.1) is 0 Å². The zero-order valence-corrected chi connectivity index (χ0v) is 20.4. The van der Waals surface area contributed by atoms with Crippen molar-refractivity contribution in [1.82, 2.24) is 14.6 Å². The molecule has 3 aromatic rings. The summed E-state index contributed by atoms with van der Waals surface area (Å²) >= 11 is 0. The van der Waals surface area contributed by atoms with Crippen LogP contribution in [0.5, 0.6) is 0 Å². The highest BCUT2D eigenvalue weighted by Gasteiger charge is 2.32. The van der Waals surface area contributed by atoms with Gasteiger partial charge in [-0.3, -0.25) is 9.89 Å². The van der Waals surface area contributed by atoms with E-state index in [0.717, 1.165) is 29.2 Å². The van der Waals surface area contributed by atoms with E-state index in [-0.39, 0.29) is 22.3 Å². The van der Waals surface area contributed by atoms with Crippen molar-refractivity contribution in [3.8, 4) is 0 Å². The third-order valence-corrected chi connectivity index (χ3v) is 5.23. The Kier molecular flexibility index (Phi) is 5.72. The monoisotopic (exact) mass is 423 g/mol. The smallest absolute Gasteiger partial charge is 0.261 e. The van der Waals surface area contributed by atoms with Crippen molar-refractivity contribution in [3.63, 3.8) is 0 Å². The number of H-pyrrole nitrogens is 1. The number of aromatic amines is 1. The lowest BCUT2D eigenvalue weighted by Gasteiger charge is -2.34. The van der Waals surface area contributed by atoms with Crippen LogP contribution in [0.4, 0.5) is 11.5 Å². The Morgan fingerprint density at radius 3 is 2.29 bits per heavy atom. The van der Waals surface area contributed by atoms with Crippen LogP contribution in [0.3, 0.4) is 0 Å². The number of fused-ring (bicyclic) bond motifs is 1. The highest BCUT2D eigenvalue weighted by Crippen LogP contribution is 2.35. The van der Waals surface area contributed by atoms with Gasteiger partial charge in [-0.1, -0.05) is 59.7 Å². The molecule has 0 saturated heterocycles. The molecule has 0 aliphatic heterocycles. The molecule has 0 unspecified atom stereocenters. The summed E-state index contributed by atoms with van der Waals surface area (Å²) in [7, 11) is 0. The van der Waals surface area contributed by atoms with E-state index < -0.39 is 0 Å². The molecule has 0 radical (unpaired) electrons. The number of nitrogens with zero attached hydrogens (tertiary/aromatic N) is 2. The summed E-state index contributed by atoms with van der Waals surface area (Å²) < 4.78 is 1.90. The molecule has 168 valence electrons. The number of amides is 1. The molecule has 6 nitrogen and oxygen atoms in total. The zero-order valence-electron chi connectivity index (χ0n) is 20.4. The average Bonchev–Trinajstić information content (AvgIpc) is 3.14. The summed E-state index contributed by atoms with van der Waals surface area (Å²) in [5.74, 6) is 0.734. The van der Waals surface area contributed by atoms with Crippen molar-refractivity contribution >= 4 is 23.1 Å². The van der Waals surface area contributed by atoms with E-state index in [1.165, 1.54) is 0 Å². The molecule has 6 heteroatoms. The molecule has 0 fully saturated rings. The van der Waals surface area contributed by atoms with Crippen LogP contribution >= 0.6 is 0 Å². The van der Waals surface area contributed by atoms with Gasteiger partial charge in [0.05, 0.1) is 5.69 Å². The normalized spacial score (nSPS) is 12.9. The Labute approximate surface area is 185 Å². The lowest BCUT2D eigenvalue weighted by atomic mass is 9.81. The van der Waals surface area contributed by atoms with Gasteiger partial charge in [0.1, 0.15) is 5.56 Å². The number of hydrogen-bond acceptors (Lipinski definition) is 3. The van der Waals surface area contributed by atoms with Crippen LogP contribution in [-0.4, -0.2) is 26.0 Å². The summed E-state index contributed by atoms with van der Waals surface area (Å²) in [6, 6.07) is 7.77. The highest BCUT2D eigenvalue weighted by molar-refractivity contribution is 6.08. The summed E-state index contributed by atoms with van der Waals surface area (Å²) in [5, 5.41) is 9.99. The third kappa shape index (κ3) is 5.12. The molecule has 3 N–H and O–H groups in total. The molecule has 31 heavy (non-hydrogen) atoms. The van der Waals surface area contributed by atoms with Crippen molar-refractivity contribution in [2.45, 2.75) is 79.7 Å². The molecule has 3 rings (SSSR count). The molecular formula is C25H37N5O. The van der Waals surface area contributed by atoms with Crippen molar-refractivity contribution in [2.24, 2.45) is 5.41 Å². The molecule has 2 aromatic heterocycles. The van der Waals surface area contributed by atoms with Crippen LogP contribution in [-0.2, 0) is 5.41 Å². The highest BCUT2D eigenvalue weighted by atomic mass is 16.1. The fraction of sp³-hybridized carbons (Fsp3) is 0.520. The van der Waals surface area contributed by atoms with Crippen molar-refractivity contribution in [3.05, 3.63) is 47.3 Å². The maximum Gasteiger partial charge on any atom is 0.261 e. The summed E-state index contributed by atoms with van der Waals surface area (Å²) in [6.45, 7) is 19.6. The SMILES string of the molecule is Cc1ccccc1NC(=O)c1c[nH]n2c(NC(C)(C)CC(C)(C)C)c(C(C)(C)C)nc12. The minimum Gasteiger partial charge on any atom is -0.364 e. The van der Waals surface area contributed by atoms with Gasteiger partial charge in [0, 0.05) is 22.8 Å². The molecule has 0 aliphatic rings. The summed E-state index contributed by atoms with van der Waals surface area (Å²) in [6.07, 6.45) is 2.71. The zero-order chi connectivity index (χ0) is 23.2. The molecular weight excluding hydrogens is 386 g/mol. The lowest BCUT2D eigenvalue weighted by molar-refractivity contribution is 0.102. The maximum absolute atomic E-state index is 13.1. The molecule has 0 aliphatic carbocycles. The number of hydrogen-bond donors (Lipinski definition) is 3. The third-order valence-electron chi connectivity index (χ3n) is 5.23. The first kappa shape index (κ1) is 22.9. The van der Waals surface area contributed by atoms with E-state index in [4.69, 9.17) is 4.98 Å². The number of aryl methyl sites for hydroxylation is 1. The maximum atomic E-state index is 13.1. The summed E-state index contributed by atoms with van der Waals surface area (Å²) in [4.78, 5) is 18.0. The molecule has 1 aromatic carbocycles. The fourth-order valence-electron chi connectivity index (χ4n) is 4.32. The number of anilines is 2.